The van der Waals surface area contributed by atoms with Gasteiger partial charge in [-0.25, -0.2) is 26.6 Å². The highest BCUT2D eigenvalue weighted by Gasteiger charge is 2.38. The van der Waals surface area contributed by atoms with Crippen molar-refractivity contribution in [2.24, 2.45) is 0 Å². The minimum Gasteiger partial charge on any atom is -0.497 e. The van der Waals surface area contributed by atoms with Crippen LogP contribution in [0.1, 0.15) is 54.2 Å². The van der Waals surface area contributed by atoms with E-state index in [0.717, 1.165) is 9.87 Å². The molecule has 1 atom stereocenters. The number of nitrogens with two attached hydrogens (primary N) is 1. The maximum atomic E-state index is 16.1. The molecule has 4 aromatic carbocycles. The van der Waals surface area contributed by atoms with Crippen molar-refractivity contribution in [1.29, 1.82) is 0 Å². The molecule has 1 aliphatic heterocycles. The van der Waals surface area contributed by atoms with Gasteiger partial charge in [0.1, 0.15) is 33.6 Å². The molecule has 0 unspecified atom stereocenters. The molecule has 20 nitrogen and oxygen atoms in total. The summed E-state index contributed by atoms with van der Waals surface area (Å²) in [5.41, 5.74) is 7.29. The Kier molecular flexibility index (Phi) is 15.7. The van der Waals surface area contributed by atoms with E-state index in [1.54, 1.807) is 101 Å². The van der Waals surface area contributed by atoms with Crippen molar-refractivity contribution in [3.63, 3.8) is 0 Å². The van der Waals surface area contributed by atoms with E-state index in [9.17, 15) is 18.0 Å². The minimum absolute atomic E-state index is 0.00132. The van der Waals surface area contributed by atoms with Crippen LogP contribution in [0.3, 0.4) is 0 Å². The van der Waals surface area contributed by atoms with Crippen molar-refractivity contribution in [2.75, 3.05) is 52.5 Å². The molecule has 0 radical (unpaired) electrons. The summed E-state index contributed by atoms with van der Waals surface area (Å²) in [6, 6.07) is 24.5. The third kappa shape index (κ3) is 12.4. The van der Waals surface area contributed by atoms with Crippen molar-refractivity contribution in [3.05, 3.63) is 119 Å². The maximum Gasteiger partial charge on any atom is 0.407 e. The lowest BCUT2D eigenvalue weighted by Gasteiger charge is -2.26. The number of aromatic nitrogens is 5. The van der Waals surface area contributed by atoms with Gasteiger partial charge in [0.25, 0.3) is 5.91 Å². The number of nitrogens with one attached hydrogen (secondary N) is 3. The molecular weight excluding hydrogens is 941 g/mol. The Morgan fingerprint density at radius 3 is 1.97 bits per heavy atom. The molecule has 3 heterocycles. The van der Waals surface area contributed by atoms with Crippen LogP contribution in [-0.2, 0) is 44.2 Å². The second kappa shape index (κ2) is 21.7. The lowest BCUT2D eigenvalue weighted by atomic mass is 9.98. The molecule has 1 fully saturated rings. The van der Waals surface area contributed by atoms with Crippen molar-refractivity contribution in [1.82, 2.24) is 45.4 Å². The number of pyridine rings is 1. The van der Waals surface area contributed by atoms with E-state index in [1.165, 1.54) is 43.4 Å². The molecule has 6 aromatic rings. The zero-order valence-corrected chi connectivity index (χ0v) is 41.3. The lowest BCUT2D eigenvalue weighted by molar-refractivity contribution is 0.0531. The lowest BCUT2D eigenvalue weighted by Crippen LogP contribution is -2.36. The summed E-state index contributed by atoms with van der Waals surface area (Å²) in [4.78, 5) is 30.8. The van der Waals surface area contributed by atoms with Crippen molar-refractivity contribution in [2.45, 2.75) is 68.3 Å². The Bertz CT molecular complexity index is 2980. The quantitative estimate of drug-likeness (QED) is 0.0846. The number of methoxy groups -OCH3 is 3. The summed E-state index contributed by atoms with van der Waals surface area (Å²) in [6.07, 6.45) is 1.18. The van der Waals surface area contributed by atoms with Gasteiger partial charge >= 0.3 is 6.09 Å². The van der Waals surface area contributed by atoms with Crippen LogP contribution in [-0.4, -0.2) is 117 Å². The van der Waals surface area contributed by atoms with Gasteiger partial charge in [0.05, 0.1) is 49.6 Å². The second-order valence-electron chi connectivity index (χ2n) is 17.3. The number of sulfone groups is 1. The van der Waals surface area contributed by atoms with Crippen LogP contribution in [0.5, 0.6) is 17.2 Å². The highest BCUT2D eigenvalue weighted by atomic mass is 32.2. The number of carbonyl (C=O) groups excluding carboxylic acids is 2. The van der Waals surface area contributed by atoms with Gasteiger partial charge in [0.2, 0.25) is 15.8 Å². The van der Waals surface area contributed by atoms with Crippen LogP contribution in [0.4, 0.5) is 10.6 Å². The number of nitrogen functional groups attached to an aromatic ring is 1. The molecule has 1 aliphatic rings. The molecule has 0 aliphatic carbocycles. The number of sulfonamides is 1. The van der Waals surface area contributed by atoms with E-state index in [-0.39, 0.29) is 59.6 Å². The van der Waals surface area contributed by atoms with Gasteiger partial charge < -0.3 is 40.6 Å². The van der Waals surface area contributed by atoms with Gasteiger partial charge in [-0.1, -0.05) is 42.5 Å². The van der Waals surface area contributed by atoms with Crippen molar-refractivity contribution >= 4 is 37.7 Å². The molecule has 2 amide bonds. The fourth-order valence-electron chi connectivity index (χ4n) is 7.61. The number of ether oxygens (including phenoxy) is 4. The summed E-state index contributed by atoms with van der Waals surface area (Å²) in [5, 5.41) is 22.0. The van der Waals surface area contributed by atoms with Crippen LogP contribution < -0.4 is 35.9 Å². The monoisotopic (exact) mass is 996 g/mol. The largest absolute Gasteiger partial charge is 0.497 e. The van der Waals surface area contributed by atoms with E-state index in [4.69, 9.17) is 24.7 Å². The zero-order valence-electron chi connectivity index (χ0n) is 39.6. The van der Waals surface area contributed by atoms with E-state index in [2.05, 4.69) is 36.3 Å². The smallest absolute Gasteiger partial charge is 0.407 e. The number of hydrogen-bond acceptors (Lipinski definition) is 16. The third-order valence-electron chi connectivity index (χ3n) is 11.2. The van der Waals surface area contributed by atoms with Gasteiger partial charge in [-0.05, 0) is 110 Å². The Hall–Kier alpha value is -7.14. The molecule has 0 spiro atoms. The summed E-state index contributed by atoms with van der Waals surface area (Å²) in [5.74, 6) is 0.0723. The Morgan fingerprint density at radius 1 is 0.843 bits per heavy atom. The molecular formula is C48H56N10O10S2. The molecule has 2 aromatic heterocycles. The number of nitrogens with zero attached hydrogens (tertiary/aromatic N) is 6. The third-order valence-corrected chi connectivity index (χ3v) is 14.9. The molecule has 1 saturated heterocycles. The van der Waals surface area contributed by atoms with E-state index >= 15 is 8.42 Å². The first-order valence-corrected chi connectivity index (χ1v) is 25.3. The van der Waals surface area contributed by atoms with Gasteiger partial charge in [-0.15, -0.1) is 10.2 Å². The summed E-state index contributed by atoms with van der Waals surface area (Å²) in [6.45, 7) is 5.39. The second-order valence-corrected chi connectivity index (χ2v) is 21.3. The van der Waals surface area contributed by atoms with Gasteiger partial charge in [0, 0.05) is 44.0 Å². The number of amides is 2. The molecule has 370 valence electrons. The Morgan fingerprint density at radius 2 is 1.43 bits per heavy atom. The number of carbonyl (C=O) groups is 2. The van der Waals surface area contributed by atoms with E-state index in [1.807, 2.05) is 0 Å². The van der Waals surface area contributed by atoms with Crippen LogP contribution in [0.2, 0.25) is 0 Å². The topological polar surface area (TPSA) is 261 Å². The molecule has 70 heavy (non-hydrogen) atoms. The molecule has 0 bridgehead atoms. The number of anilines is 1. The van der Waals surface area contributed by atoms with Crippen molar-refractivity contribution < 1.29 is 45.4 Å². The number of hydrogen-bond donors (Lipinski definition) is 4. The highest BCUT2D eigenvalue weighted by Crippen LogP contribution is 2.42. The predicted octanol–water partition coefficient (Wildman–Crippen LogP) is 4.84. The molecule has 22 heteroatoms. The fourth-order valence-corrected chi connectivity index (χ4v) is 11.2. The number of rotatable bonds is 19. The van der Waals surface area contributed by atoms with Crippen molar-refractivity contribution in [3.8, 4) is 39.8 Å². The maximum absolute atomic E-state index is 16.1. The molecule has 5 N–H and O–H groups in total. The summed E-state index contributed by atoms with van der Waals surface area (Å²) >= 11 is 0. The molecule has 7 rings (SSSR count). The summed E-state index contributed by atoms with van der Waals surface area (Å²) in [7, 11) is -5.08. The minimum atomic E-state index is -5.01. The average Bonchev–Trinajstić information content (AvgIpc) is 4.03. The SMILES string of the molecule is COc1ccc(CN(Cc2ccc(OC)cc2)S(=O)(=O)c2c(S(=O)(=O)CCNC(=O)OC(C)(C)C)ccc(-c3cnc(N)c(C(=O)N[C@H]4CCNC4)c3)c2-c2nnn(Cc3ccc(OC)cc3)n2)cc1. The standard InChI is InChI=1S/C48H56N10O10S2/c1-48(2,3)68-47(60)51-23-24-69(61,62)41-20-19-39(34-25-40(44(49)52-26-34)46(59)53-35-21-22-50-27-35)42(45-54-56-58(55-45)30-33-11-17-38(67-6)18-12-33)43(41)70(63,64)57(28-31-7-13-36(65-4)14-8-31)29-32-9-15-37(66-5)16-10-32/h7-20,25-26,35,50H,21-24,27-30H2,1-6H3,(H2,49,52)(H,51,60)(H,53,59)/t35-/m0/s1. The van der Waals surface area contributed by atoms with E-state index in [0.29, 0.717) is 47.9 Å². The number of tetrazole rings is 1. The first-order valence-electron chi connectivity index (χ1n) is 22.2. The van der Waals surface area contributed by atoms with Crippen LogP contribution in [0, 0.1) is 0 Å². The predicted molar refractivity (Wildman–Crippen MR) is 260 cm³/mol. The van der Waals surface area contributed by atoms with Gasteiger partial charge in [0.15, 0.2) is 9.84 Å². The van der Waals surface area contributed by atoms with Gasteiger partial charge in [-0.2, -0.15) is 9.10 Å². The first kappa shape index (κ1) is 50.7. The van der Waals surface area contributed by atoms with Crippen LogP contribution >= 0.6 is 0 Å². The normalized spacial score (nSPS) is 14.0. The Labute approximate surface area is 406 Å². The molecule has 0 saturated carbocycles. The van der Waals surface area contributed by atoms with E-state index < -0.39 is 59.6 Å². The fraction of sp³-hybridized carbons (Fsp3) is 0.333. The first-order chi connectivity index (χ1) is 33.4. The number of alkyl carbamates (subject to hydrolysis) is 1. The van der Waals surface area contributed by atoms with Crippen LogP contribution in [0.15, 0.2) is 107 Å². The number of benzene rings is 4. The van der Waals surface area contributed by atoms with Gasteiger partial charge in [-0.3, -0.25) is 4.79 Å². The highest BCUT2D eigenvalue weighted by molar-refractivity contribution is 7.93. The Balaban J connectivity index is 1.46. The average molecular weight is 997 g/mol. The van der Waals surface area contributed by atoms with Crippen LogP contribution in [0.25, 0.3) is 22.5 Å². The zero-order chi connectivity index (χ0) is 50.2. The summed E-state index contributed by atoms with van der Waals surface area (Å²) < 4.78 is 84.4.